The maximum atomic E-state index is 10.4. The normalized spacial score (nSPS) is 12.3. The fourth-order valence-electron chi connectivity index (χ4n) is 0.321. The van der Waals surface area contributed by atoms with Crippen LogP contribution in [0.25, 0.3) is 0 Å². The molecular formula is C5H9Cl2NO2. The van der Waals surface area contributed by atoms with Gasteiger partial charge in [0.1, 0.15) is 0 Å². The number of methoxy groups -OCH3 is 1. The summed E-state index contributed by atoms with van der Waals surface area (Å²) in [6.45, 7) is 0.331. The van der Waals surface area contributed by atoms with Gasteiger partial charge in [-0.25, -0.2) is 4.79 Å². The van der Waals surface area contributed by atoms with Crippen molar-refractivity contribution in [3.63, 3.8) is 0 Å². The Morgan fingerprint density at radius 1 is 1.80 bits per heavy atom. The molecule has 0 spiro atoms. The van der Waals surface area contributed by atoms with Crippen LogP contribution in [0.15, 0.2) is 0 Å². The topological polar surface area (TPSA) is 38.3 Å². The average molecular weight is 186 g/mol. The van der Waals surface area contributed by atoms with Crippen molar-refractivity contribution < 1.29 is 9.53 Å². The number of hydrogen-bond donors (Lipinski definition) is 1. The minimum atomic E-state index is -0.490. The van der Waals surface area contributed by atoms with Crippen LogP contribution in [0.3, 0.4) is 0 Å². The first kappa shape index (κ1) is 9.85. The highest BCUT2D eigenvalue weighted by Gasteiger charge is 2.04. The lowest BCUT2D eigenvalue weighted by molar-refractivity contribution is 0.171. The standard InChI is InChI=1S/C5H9Cl2NO2/c1-10-5(9)8-3-4(7)2-6/h4H,2-3H2,1H3,(H,8,9). The maximum absolute atomic E-state index is 10.4. The Bertz CT molecular complexity index is 110. The summed E-state index contributed by atoms with van der Waals surface area (Å²) in [5.74, 6) is 0.311. The van der Waals surface area contributed by atoms with Crippen LogP contribution in [0.5, 0.6) is 0 Å². The summed E-state index contributed by atoms with van der Waals surface area (Å²) in [6, 6.07) is 0. The van der Waals surface area contributed by atoms with Crippen LogP contribution in [0.2, 0.25) is 0 Å². The maximum Gasteiger partial charge on any atom is 0.406 e. The van der Waals surface area contributed by atoms with Crippen molar-refractivity contribution in [3.8, 4) is 0 Å². The van der Waals surface area contributed by atoms with Crippen LogP contribution in [0.4, 0.5) is 4.79 Å². The number of nitrogens with one attached hydrogen (secondary N) is 1. The molecule has 60 valence electrons. The Kier molecular flexibility index (Phi) is 5.54. The van der Waals surface area contributed by atoms with Gasteiger partial charge in [-0.2, -0.15) is 0 Å². The van der Waals surface area contributed by atoms with E-state index in [1.54, 1.807) is 0 Å². The molecule has 1 atom stereocenters. The van der Waals surface area contributed by atoms with E-state index in [-0.39, 0.29) is 5.38 Å². The van der Waals surface area contributed by atoms with Crippen molar-refractivity contribution in [2.75, 3.05) is 19.5 Å². The number of rotatable bonds is 3. The molecular weight excluding hydrogens is 177 g/mol. The number of alkyl carbamates (subject to hydrolysis) is 1. The van der Waals surface area contributed by atoms with E-state index in [0.29, 0.717) is 12.4 Å². The van der Waals surface area contributed by atoms with Gasteiger partial charge in [-0.15, -0.1) is 23.2 Å². The molecule has 10 heavy (non-hydrogen) atoms. The van der Waals surface area contributed by atoms with E-state index < -0.39 is 6.09 Å². The van der Waals surface area contributed by atoms with Crippen molar-refractivity contribution in [1.82, 2.24) is 5.32 Å². The molecule has 3 nitrogen and oxygen atoms in total. The number of carbonyl (C=O) groups is 1. The molecule has 1 unspecified atom stereocenters. The largest absolute Gasteiger partial charge is 0.453 e. The first-order valence-electron chi connectivity index (χ1n) is 2.72. The first-order chi connectivity index (χ1) is 4.70. The van der Waals surface area contributed by atoms with Crippen LogP contribution >= 0.6 is 23.2 Å². The van der Waals surface area contributed by atoms with Crippen LogP contribution in [0, 0.1) is 0 Å². The quantitative estimate of drug-likeness (QED) is 0.672. The number of halogens is 2. The van der Waals surface area contributed by atoms with Gasteiger partial charge in [-0.3, -0.25) is 0 Å². The zero-order valence-electron chi connectivity index (χ0n) is 5.56. The van der Waals surface area contributed by atoms with Gasteiger partial charge in [0.05, 0.1) is 12.5 Å². The summed E-state index contributed by atoms with van der Waals surface area (Å²) >= 11 is 10.9. The lowest BCUT2D eigenvalue weighted by atomic mass is 10.5. The van der Waals surface area contributed by atoms with Crippen LogP contribution in [0.1, 0.15) is 0 Å². The first-order valence-corrected chi connectivity index (χ1v) is 3.69. The monoisotopic (exact) mass is 185 g/mol. The highest BCUT2D eigenvalue weighted by molar-refractivity contribution is 6.28. The van der Waals surface area contributed by atoms with Gasteiger partial charge >= 0.3 is 6.09 Å². The molecule has 5 heteroatoms. The second kappa shape index (κ2) is 5.62. The molecule has 1 N–H and O–H groups in total. The van der Waals surface area contributed by atoms with Crippen LogP contribution in [-0.2, 0) is 4.74 Å². The van der Waals surface area contributed by atoms with Gasteiger partial charge in [0.2, 0.25) is 0 Å². The van der Waals surface area contributed by atoms with Gasteiger partial charge in [-0.1, -0.05) is 0 Å². The van der Waals surface area contributed by atoms with Crippen LogP contribution < -0.4 is 5.32 Å². The van der Waals surface area contributed by atoms with E-state index in [4.69, 9.17) is 23.2 Å². The number of hydrogen-bond acceptors (Lipinski definition) is 2. The summed E-state index contributed by atoms with van der Waals surface area (Å²) in [5, 5.41) is 2.17. The Morgan fingerprint density at radius 3 is 2.80 bits per heavy atom. The van der Waals surface area contributed by atoms with Gasteiger partial charge in [0.15, 0.2) is 0 Å². The van der Waals surface area contributed by atoms with E-state index in [1.807, 2.05) is 0 Å². The predicted molar refractivity (Wildman–Crippen MR) is 40.8 cm³/mol. The molecule has 0 aliphatic rings. The lowest BCUT2D eigenvalue weighted by Crippen LogP contribution is -2.30. The van der Waals surface area contributed by atoms with E-state index in [1.165, 1.54) is 7.11 Å². The van der Waals surface area contributed by atoms with E-state index in [0.717, 1.165) is 0 Å². The SMILES string of the molecule is COC(=O)NCC(Cl)CCl. The highest BCUT2D eigenvalue weighted by Crippen LogP contribution is 1.95. The fourth-order valence-corrected chi connectivity index (χ4v) is 0.507. The smallest absolute Gasteiger partial charge is 0.406 e. The molecule has 0 saturated heterocycles. The number of alkyl halides is 2. The van der Waals surface area contributed by atoms with Gasteiger partial charge in [0, 0.05) is 12.4 Å². The van der Waals surface area contributed by atoms with E-state index in [2.05, 4.69) is 10.1 Å². The third-order valence-corrected chi connectivity index (χ3v) is 1.66. The fraction of sp³-hybridized carbons (Fsp3) is 0.800. The molecule has 0 aliphatic heterocycles. The summed E-state index contributed by atoms with van der Waals surface area (Å²) in [7, 11) is 1.29. The third kappa shape index (κ3) is 4.70. The molecule has 0 aliphatic carbocycles. The Labute approximate surface area is 69.6 Å². The van der Waals surface area contributed by atoms with Crippen molar-refractivity contribution >= 4 is 29.3 Å². The van der Waals surface area contributed by atoms with Gasteiger partial charge < -0.3 is 10.1 Å². The molecule has 1 amide bonds. The zero-order chi connectivity index (χ0) is 7.98. The summed E-state index contributed by atoms with van der Waals surface area (Å²) in [5.41, 5.74) is 0. The summed E-state index contributed by atoms with van der Waals surface area (Å²) in [6.07, 6.45) is -0.490. The number of amides is 1. The molecule has 0 rings (SSSR count). The minimum absolute atomic E-state index is 0.235. The van der Waals surface area contributed by atoms with Crippen molar-refractivity contribution in [2.24, 2.45) is 0 Å². The molecule has 0 bridgehead atoms. The van der Waals surface area contributed by atoms with Crippen molar-refractivity contribution in [3.05, 3.63) is 0 Å². The molecule has 0 fully saturated rings. The second-order valence-electron chi connectivity index (χ2n) is 1.62. The van der Waals surface area contributed by atoms with E-state index in [9.17, 15) is 4.79 Å². The third-order valence-electron chi connectivity index (χ3n) is 0.821. The lowest BCUT2D eigenvalue weighted by Gasteiger charge is -2.05. The van der Waals surface area contributed by atoms with Gasteiger partial charge in [0.25, 0.3) is 0 Å². The molecule has 0 saturated carbocycles. The summed E-state index contributed by atoms with van der Waals surface area (Å²) < 4.78 is 4.29. The van der Waals surface area contributed by atoms with E-state index >= 15 is 0 Å². The van der Waals surface area contributed by atoms with Gasteiger partial charge in [-0.05, 0) is 0 Å². The highest BCUT2D eigenvalue weighted by atomic mass is 35.5. The molecule has 0 aromatic rings. The minimum Gasteiger partial charge on any atom is -0.453 e. The Morgan fingerprint density at radius 2 is 2.40 bits per heavy atom. The Hall–Kier alpha value is -0.150. The molecule has 0 radical (unpaired) electrons. The zero-order valence-corrected chi connectivity index (χ0v) is 7.08. The second-order valence-corrected chi connectivity index (χ2v) is 2.55. The molecule has 0 heterocycles. The summed E-state index contributed by atoms with van der Waals surface area (Å²) in [4.78, 5) is 10.4. The molecule has 0 aromatic heterocycles. The Balaban J connectivity index is 3.26. The van der Waals surface area contributed by atoms with Crippen molar-refractivity contribution in [2.45, 2.75) is 5.38 Å². The molecule has 0 aromatic carbocycles. The average Bonchev–Trinajstić information content (AvgIpc) is 1.99. The number of carbonyl (C=O) groups excluding carboxylic acids is 1. The van der Waals surface area contributed by atoms with Crippen LogP contribution in [-0.4, -0.2) is 31.0 Å². The number of ether oxygens (including phenoxy) is 1. The van der Waals surface area contributed by atoms with Crippen molar-refractivity contribution in [1.29, 1.82) is 0 Å². The predicted octanol–water partition coefficient (Wildman–Crippen LogP) is 1.19.